The number of hydrogen-bond acceptors (Lipinski definition) is 5. The number of nitriles is 1. The number of hydrogen-bond donors (Lipinski definition) is 4. The van der Waals surface area contributed by atoms with E-state index in [9.17, 15) is 4.79 Å². The van der Waals surface area contributed by atoms with E-state index < -0.39 is 6.03 Å². The number of carbonyl (C=O) groups excluding carboxylic acids is 1. The normalized spacial score (nSPS) is 11.2. The number of H-pyrrole nitrogens is 1. The molecule has 0 saturated carbocycles. The predicted octanol–water partition coefficient (Wildman–Crippen LogP) is 5.02. The second kappa shape index (κ2) is 8.04. The number of rotatable bonds is 3. The minimum Gasteiger partial charge on any atom is -0.382 e. The number of aromatic nitrogens is 3. The van der Waals surface area contributed by atoms with Gasteiger partial charge in [0.15, 0.2) is 11.5 Å². The quantitative estimate of drug-likeness (QED) is 0.366. The lowest BCUT2D eigenvalue weighted by atomic mass is 9.89. The summed E-state index contributed by atoms with van der Waals surface area (Å²) in [5.41, 5.74) is 11.0. The van der Waals surface area contributed by atoms with Crippen LogP contribution in [0.25, 0.3) is 22.2 Å². The third-order valence-electron chi connectivity index (χ3n) is 5.03. The summed E-state index contributed by atoms with van der Waals surface area (Å²) in [5.74, 6) is 0.393. The Morgan fingerprint density at radius 2 is 1.78 bits per heavy atom. The Hall–Kier alpha value is -4.38. The van der Waals surface area contributed by atoms with Crippen molar-refractivity contribution >= 4 is 34.3 Å². The molecule has 0 saturated heterocycles. The molecule has 0 atom stereocenters. The summed E-state index contributed by atoms with van der Waals surface area (Å²) in [4.78, 5) is 17.0. The van der Waals surface area contributed by atoms with Crippen molar-refractivity contribution in [3.8, 4) is 17.2 Å². The Bertz CT molecular complexity index is 1340. The monoisotopic (exact) mass is 425 g/mol. The molecule has 160 valence electrons. The van der Waals surface area contributed by atoms with Gasteiger partial charge in [-0.3, -0.25) is 5.10 Å². The molecule has 0 radical (unpaired) electrons. The molecule has 8 heteroatoms. The van der Waals surface area contributed by atoms with E-state index in [-0.39, 0.29) is 5.41 Å². The van der Waals surface area contributed by atoms with E-state index in [1.807, 2.05) is 36.4 Å². The molecule has 8 nitrogen and oxygen atoms in total. The summed E-state index contributed by atoms with van der Waals surface area (Å²) < 4.78 is 0. The fourth-order valence-corrected chi connectivity index (χ4v) is 3.36. The Balaban J connectivity index is 1.59. The van der Waals surface area contributed by atoms with Crippen LogP contribution in [0.5, 0.6) is 0 Å². The van der Waals surface area contributed by atoms with Gasteiger partial charge in [0.05, 0.1) is 17.0 Å². The maximum atomic E-state index is 12.3. The van der Waals surface area contributed by atoms with Gasteiger partial charge in [-0.2, -0.15) is 10.4 Å². The molecule has 4 rings (SSSR count). The minimum atomic E-state index is -0.395. The lowest BCUT2D eigenvalue weighted by Gasteiger charge is -2.19. The summed E-state index contributed by atoms with van der Waals surface area (Å²) in [6.45, 7) is 6.30. The maximum absolute atomic E-state index is 12.3. The largest absolute Gasteiger partial charge is 0.382 e. The standard InChI is InChI=1S/C24H23N7O/c1-24(2,3)19-12-18(20-21(26)30-31-22(20)29-19)15-7-9-16(10-8-15)27-23(32)28-17-6-4-5-14(11-17)13-25/h4-12H,1-3H3,(H2,27,28,32)(H3,26,29,30,31). The Labute approximate surface area is 185 Å². The summed E-state index contributed by atoms with van der Waals surface area (Å²) >= 11 is 0. The number of nitrogens with zero attached hydrogens (tertiary/aromatic N) is 3. The average molecular weight is 425 g/mol. The van der Waals surface area contributed by atoms with Crippen molar-refractivity contribution in [2.24, 2.45) is 0 Å². The van der Waals surface area contributed by atoms with Gasteiger partial charge in [-0.15, -0.1) is 0 Å². The molecule has 2 aromatic carbocycles. The highest BCUT2D eigenvalue weighted by atomic mass is 16.2. The van der Waals surface area contributed by atoms with Crippen LogP contribution in [0.15, 0.2) is 54.6 Å². The van der Waals surface area contributed by atoms with Crippen LogP contribution in [-0.4, -0.2) is 21.2 Å². The van der Waals surface area contributed by atoms with Gasteiger partial charge in [0.1, 0.15) is 0 Å². The minimum absolute atomic E-state index is 0.148. The van der Waals surface area contributed by atoms with Crippen molar-refractivity contribution in [1.29, 1.82) is 5.26 Å². The molecule has 0 fully saturated rings. The van der Waals surface area contributed by atoms with E-state index in [0.29, 0.717) is 28.4 Å². The molecule has 0 unspecified atom stereocenters. The fourth-order valence-electron chi connectivity index (χ4n) is 3.36. The number of nitrogens with two attached hydrogens (primary N) is 1. The molecule has 0 aliphatic heterocycles. The number of benzene rings is 2. The molecule has 0 spiro atoms. The number of aromatic amines is 1. The van der Waals surface area contributed by atoms with E-state index in [2.05, 4.69) is 46.6 Å². The van der Waals surface area contributed by atoms with Gasteiger partial charge >= 0.3 is 6.03 Å². The Morgan fingerprint density at radius 1 is 1.06 bits per heavy atom. The van der Waals surface area contributed by atoms with Crippen molar-refractivity contribution in [2.75, 3.05) is 16.4 Å². The van der Waals surface area contributed by atoms with Crippen LogP contribution in [0.4, 0.5) is 22.0 Å². The van der Waals surface area contributed by atoms with E-state index in [1.165, 1.54) is 0 Å². The van der Waals surface area contributed by atoms with Gasteiger partial charge in [0.25, 0.3) is 0 Å². The average Bonchev–Trinajstić information content (AvgIpc) is 3.14. The van der Waals surface area contributed by atoms with Crippen molar-refractivity contribution in [2.45, 2.75) is 26.2 Å². The molecular weight excluding hydrogens is 402 g/mol. The lowest BCUT2D eigenvalue weighted by molar-refractivity contribution is 0.262. The number of nitrogen functional groups attached to an aromatic ring is 1. The van der Waals surface area contributed by atoms with Crippen LogP contribution in [-0.2, 0) is 5.41 Å². The van der Waals surface area contributed by atoms with Crippen LogP contribution in [0.3, 0.4) is 0 Å². The molecule has 4 aromatic rings. The third kappa shape index (κ3) is 4.23. The summed E-state index contributed by atoms with van der Waals surface area (Å²) in [6, 6.07) is 17.9. The van der Waals surface area contributed by atoms with Crippen LogP contribution < -0.4 is 16.4 Å². The van der Waals surface area contributed by atoms with Crippen LogP contribution in [0.1, 0.15) is 32.0 Å². The summed E-state index contributed by atoms with van der Waals surface area (Å²) in [6.07, 6.45) is 0. The second-order valence-electron chi connectivity index (χ2n) is 8.49. The van der Waals surface area contributed by atoms with E-state index in [0.717, 1.165) is 22.2 Å². The lowest BCUT2D eigenvalue weighted by Crippen LogP contribution is -2.19. The van der Waals surface area contributed by atoms with E-state index in [4.69, 9.17) is 11.0 Å². The number of urea groups is 1. The number of nitrogens with one attached hydrogen (secondary N) is 3. The van der Waals surface area contributed by atoms with Crippen molar-refractivity contribution in [3.05, 3.63) is 65.9 Å². The van der Waals surface area contributed by atoms with Gasteiger partial charge < -0.3 is 16.4 Å². The number of carbonyl (C=O) groups is 1. The summed E-state index contributed by atoms with van der Waals surface area (Å²) in [7, 11) is 0. The van der Waals surface area contributed by atoms with E-state index in [1.54, 1.807) is 24.3 Å². The van der Waals surface area contributed by atoms with Crippen molar-refractivity contribution in [3.63, 3.8) is 0 Å². The fraction of sp³-hybridized carbons (Fsp3) is 0.167. The Morgan fingerprint density at radius 3 is 2.47 bits per heavy atom. The SMILES string of the molecule is CC(C)(C)c1cc(-c2ccc(NC(=O)Nc3cccc(C#N)c3)cc2)c2c(N)n[nH]c2n1. The molecule has 32 heavy (non-hydrogen) atoms. The first kappa shape index (κ1) is 20.9. The van der Waals surface area contributed by atoms with Gasteiger partial charge in [0, 0.05) is 22.5 Å². The highest BCUT2D eigenvalue weighted by molar-refractivity contribution is 6.01. The van der Waals surface area contributed by atoms with Gasteiger partial charge in [-0.05, 0) is 47.5 Å². The molecular formula is C24H23N7O. The number of pyridine rings is 1. The zero-order valence-corrected chi connectivity index (χ0v) is 18.0. The zero-order valence-electron chi connectivity index (χ0n) is 18.0. The first-order chi connectivity index (χ1) is 15.2. The number of anilines is 3. The first-order valence-electron chi connectivity index (χ1n) is 10.1. The van der Waals surface area contributed by atoms with Crippen molar-refractivity contribution < 1.29 is 4.79 Å². The molecule has 0 bridgehead atoms. The number of fused-ring (bicyclic) bond motifs is 1. The smallest absolute Gasteiger partial charge is 0.323 e. The Kier molecular flexibility index (Phi) is 5.24. The van der Waals surface area contributed by atoms with Gasteiger partial charge in [0.2, 0.25) is 0 Å². The zero-order chi connectivity index (χ0) is 22.9. The topological polar surface area (TPSA) is 133 Å². The first-order valence-corrected chi connectivity index (χ1v) is 10.1. The molecule has 2 heterocycles. The number of amides is 2. The molecule has 2 aromatic heterocycles. The second-order valence-corrected chi connectivity index (χ2v) is 8.49. The van der Waals surface area contributed by atoms with Crippen LogP contribution in [0.2, 0.25) is 0 Å². The molecule has 0 aliphatic carbocycles. The molecule has 0 aliphatic rings. The predicted molar refractivity (Wildman–Crippen MR) is 126 cm³/mol. The van der Waals surface area contributed by atoms with E-state index >= 15 is 0 Å². The van der Waals surface area contributed by atoms with Crippen LogP contribution in [0, 0.1) is 11.3 Å². The van der Waals surface area contributed by atoms with Gasteiger partial charge in [-0.1, -0.05) is 39.0 Å². The summed E-state index contributed by atoms with van der Waals surface area (Å²) in [5, 5.41) is 22.3. The highest BCUT2D eigenvalue weighted by Gasteiger charge is 2.20. The maximum Gasteiger partial charge on any atom is 0.323 e. The molecule has 2 amide bonds. The van der Waals surface area contributed by atoms with Gasteiger partial charge in [-0.25, -0.2) is 9.78 Å². The molecule has 5 N–H and O–H groups in total. The third-order valence-corrected chi connectivity index (χ3v) is 5.03. The van der Waals surface area contributed by atoms with Crippen LogP contribution >= 0.6 is 0 Å². The highest BCUT2D eigenvalue weighted by Crippen LogP contribution is 2.34. The van der Waals surface area contributed by atoms with Crippen molar-refractivity contribution in [1.82, 2.24) is 15.2 Å².